The van der Waals surface area contributed by atoms with Crippen molar-refractivity contribution in [3.63, 3.8) is 0 Å². The number of carbonyl (C=O) groups excluding carboxylic acids is 2. The van der Waals surface area contributed by atoms with Crippen LogP contribution in [0.25, 0.3) is 0 Å². The molecular weight excluding hydrogens is 306 g/mol. The molecule has 134 valence electrons. The first-order chi connectivity index (χ1) is 11.5. The number of benzene rings is 1. The number of esters is 1. The molecule has 0 radical (unpaired) electrons. The van der Waals surface area contributed by atoms with Crippen LogP contribution in [-0.2, 0) is 14.3 Å². The quantitative estimate of drug-likeness (QED) is 0.486. The second-order valence-corrected chi connectivity index (χ2v) is 5.92. The van der Waals surface area contributed by atoms with Crippen LogP contribution in [0.1, 0.15) is 43.7 Å². The summed E-state index contributed by atoms with van der Waals surface area (Å²) in [5.74, 6) is 0.351. The summed E-state index contributed by atoms with van der Waals surface area (Å²) >= 11 is 0. The van der Waals surface area contributed by atoms with Gasteiger partial charge in [0.1, 0.15) is 5.75 Å². The van der Waals surface area contributed by atoms with E-state index in [9.17, 15) is 9.59 Å². The van der Waals surface area contributed by atoms with Gasteiger partial charge in [0, 0.05) is 13.1 Å². The zero-order chi connectivity index (χ0) is 17.9. The molecule has 1 aromatic rings. The molecule has 0 N–H and O–H groups in total. The van der Waals surface area contributed by atoms with E-state index in [-0.39, 0.29) is 24.9 Å². The van der Waals surface area contributed by atoms with E-state index in [0.29, 0.717) is 13.1 Å². The van der Waals surface area contributed by atoms with Gasteiger partial charge >= 0.3 is 5.97 Å². The van der Waals surface area contributed by atoms with Crippen LogP contribution in [0.2, 0.25) is 0 Å². The van der Waals surface area contributed by atoms with E-state index >= 15 is 0 Å². The lowest BCUT2D eigenvalue weighted by Crippen LogP contribution is -2.37. The third-order valence-corrected chi connectivity index (χ3v) is 3.95. The minimum absolute atomic E-state index is 0.0149. The predicted molar refractivity (Wildman–Crippen MR) is 94.1 cm³/mol. The van der Waals surface area contributed by atoms with E-state index in [2.05, 4.69) is 11.7 Å². The van der Waals surface area contributed by atoms with Crippen molar-refractivity contribution in [1.29, 1.82) is 0 Å². The summed E-state index contributed by atoms with van der Waals surface area (Å²) in [5, 5.41) is 0. The maximum Gasteiger partial charge on any atom is 0.307 e. The number of rotatable bonds is 10. The number of carbonyl (C=O) groups is 2. The van der Waals surface area contributed by atoms with E-state index in [1.165, 1.54) is 7.11 Å². The summed E-state index contributed by atoms with van der Waals surface area (Å²) in [6, 6.07) is 5.89. The highest BCUT2D eigenvalue weighted by molar-refractivity contribution is 5.78. The molecular formula is C19H29NO4. The molecule has 0 aliphatic carbocycles. The number of para-hydroxylation sites is 1. The molecule has 0 fully saturated rings. The van der Waals surface area contributed by atoms with E-state index in [0.717, 1.165) is 36.1 Å². The first-order valence-electron chi connectivity index (χ1n) is 8.53. The number of amides is 1. The van der Waals surface area contributed by atoms with Crippen molar-refractivity contribution in [2.75, 3.05) is 26.8 Å². The molecule has 0 saturated heterocycles. The number of hydrogen-bond acceptors (Lipinski definition) is 4. The first kappa shape index (κ1) is 20.0. The number of hydrogen-bond donors (Lipinski definition) is 0. The highest BCUT2D eigenvalue weighted by Crippen LogP contribution is 2.22. The van der Waals surface area contributed by atoms with Gasteiger partial charge in [-0.2, -0.15) is 0 Å². The lowest BCUT2D eigenvalue weighted by Gasteiger charge is -2.23. The Kier molecular flexibility index (Phi) is 8.90. The Morgan fingerprint density at radius 1 is 1.08 bits per heavy atom. The minimum atomic E-state index is -0.307. The van der Waals surface area contributed by atoms with Crippen molar-refractivity contribution in [2.24, 2.45) is 0 Å². The summed E-state index contributed by atoms with van der Waals surface area (Å²) in [7, 11) is 1.36. The molecule has 0 aromatic heterocycles. The molecule has 5 heteroatoms. The van der Waals surface area contributed by atoms with Crippen LogP contribution >= 0.6 is 0 Å². The lowest BCUT2D eigenvalue weighted by atomic mass is 10.1. The molecule has 0 heterocycles. The third kappa shape index (κ3) is 6.60. The molecule has 0 atom stereocenters. The van der Waals surface area contributed by atoms with Gasteiger partial charge in [0.05, 0.1) is 13.5 Å². The minimum Gasteiger partial charge on any atom is -0.483 e. The average Bonchev–Trinajstić information content (AvgIpc) is 2.56. The van der Waals surface area contributed by atoms with Crippen molar-refractivity contribution in [1.82, 2.24) is 4.90 Å². The van der Waals surface area contributed by atoms with Crippen LogP contribution in [0.5, 0.6) is 5.75 Å². The van der Waals surface area contributed by atoms with Crippen LogP contribution in [0.3, 0.4) is 0 Å². The second kappa shape index (κ2) is 10.7. The van der Waals surface area contributed by atoms with Crippen molar-refractivity contribution in [3.05, 3.63) is 29.3 Å². The lowest BCUT2D eigenvalue weighted by molar-refractivity contribution is -0.142. The van der Waals surface area contributed by atoms with E-state index in [4.69, 9.17) is 4.74 Å². The van der Waals surface area contributed by atoms with Crippen LogP contribution in [0.15, 0.2) is 18.2 Å². The third-order valence-electron chi connectivity index (χ3n) is 3.95. The fourth-order valence-electron chi connectivity index (χ4n) is 2.49. The Balaban J connectivity index is 2.63. The summed E-state index contributed by atoms with van der Waals surface area (Å²) in [6.45, 7) is 7.03. The largest absolute Gasteiger partial charge is 0.483 e. The van der Waals surface area contributed by atoms with Crippen LogP contribution in [-0.4, -0.2) is 43.6 Å². The maximum absolute atomic E-state index is 12.5. The Morgan fingerprint density at radius 2 is 1.75 bits per heavy atom. The number of ether oxygens (including phenoxy) is 2. The van der Waals surface area contributed by atoms with Crippen molar-refractivity contribution in [3.8, 4) is 5.75 Å². The molecule has 24 heavy (non-hydrogen) atoms. The zero-order valence-electron chi connectivity index (χ0n) is 15.3. The Labute approximate surface area is 144 Å². The highest BCUT2D eigenvalue weighted by Gasteiger charge is 2.16. The number of aryl methyl sites for hydroxylation is 2. The molecule has 5 nitrogen and oxygen atoms in total. The van der Waals surface area contributed by atoms with Gasteiger partial charge in [0.2, 0.25) is 0 Å². The van der Waals surface area contributed by atoms with Gasteiger partial charge < -0.3 is 14.4 Å². The van der Waals surface area contributed by atoms with Crippen LogP contribution < -0.4 is 4.74 Å². The fraction of sp³-hybridized carbons (Fsp3) is 0.579. The molecule has 1 rings (SSSR count). The van der Waals surface area contributed by atoms with Gasteiger partial charge in [0.15, 0.2) is 6.61 Å². The van der Waals surface area contributed by atoms with E-state index in [1.54, 1.807) is 4.90 Å². The normalized spacial score (nSPS) is 10.3. The van der Waals surface area contributed by atoms with E-state index in [1.807, 2.05) is 32.0 Å². The predicted octanol–water partition coefficient (Wildman–Crippen LogP) is 3.26. The zero-order valence-corrected chi connectivity index (χ0v) is 15.3. The molecule has 0 spiro atoms. The van der Waals surface area contributed by atoms with Gasteiger partial charge in [-0.3, -0.25) is 9.59 Å². The summed E-state index contributed by atoms with van der Waals surface area (Å²) in [4.78, 5) is 25.5. The summed E-state index contributed by atoms with van der Waals surface area (Å²) < 4.78 is 10.4. The Hall–Kier alpha value is -2.04. The standard InChI is InChI=1S/C19H29NO4/c1-5-6-7-12-20(13-11-18(22)23-4)17(21)14-24-19-15(2)9-8-10-16(19)3/h8-10H,5-7,11-14H2,1-4H3. The monoisotopic (exact) mass is 335 g/mol. The number of unbranched alkanes of at least 4 members (excludes halogenated alkanes) is 2. The molecule has 0 bridgehead atoms. The van der Waals surface area contributed by atoms with Gasteiger partial charge in [-0.15, -0.1) is 0 Å². The van der Waals surface area contributed by atoms with Crippen LogP contribution in [0.4, 0.5) is 0 Å². The SMILES string of the molecule is CCCCCN(CCC(=O)OC)C(=O)COc1c(C)cccc1C. The number of nitrogens with zero attached hydrogens (tertiary/aromatic N) is 1. The van der Waals surface area contributed by atoms with E-state index < -0.39 is 0 Å². The van der Waals surface area contributed by atoms with Crippen molar-refractivity contribution >= 4 is 11.9 Å². The number of methoxy groups -OCH3 is 1. The maximum atomic E-state index is 12.5. The van der Waals surface area contributed by atoms with Gasteiger partial charge in [0.25, 0.3) is 5.91 Å². The van der Waals surface area contributed by atoms with Gasteiger partial charge in [-0.1, -0.05) is 38.0 Å². The molecule has 0 aliphatic rings. The molecule has 1 amide bonds. The average molecular weight is 335 g/mol. The van der Waals surface area contributed by atoms with Crippen molar-refractivity contribution in [2.45, 2.75) is 46.5 Å². The van der Waals surface area contributed by atoms with Gasteiger partial charge in [-0.05, 0) is 31.4 Å². The summed E-state index contributed by atoms with van der Waals surface area (Å²) in [6.07, 6.45) is 3.27. The topological polar surface area (TPSA) is 55.8 Å². The molecule has 0 aliphatic heterocycles. The Bertz CT molecular complexity index is 522. The smallest absolute Gasteiger partial charge is 0.307 e. The first-order valence-corrected chi connectivity index (χ1v) is 8.53. The summed E-state index contributed by atoms with van der Waals surface area (Å²) in [5.41, 5.74) is 2.02. The molecule has 0 unspecified atom stereocenters. The van der Waals surface area contributed by atoms with Gasteiger partial charge in [-0.25, -0.2) is 0 Å². The second-order valence-electron chi connectivity index (χ2n) is 5.92. The van der Waals surface area contributed by atoms with Crippen LogP contribution in [0, 0.1) is 13.8 Å². The molecule has 1 aromatic carbocycles. The Morgan fingerprint density at radius 3 is 2.33 bits per heavy atom. The van der Waals surface area contributed by atoms with Crippen molar-refractivity contribution < 1.29 is 19.1 Å². The highest BCUT2D eigenvalue weighted by atomic mass is 16.5. The molecule has 0 saturated carbocycles. The fourth-order valence-corrected chi connectivity index (χ4v) is 2.49.